The Morgan fingerprint density at radius 1 is 1.00 bits per heavy atom. The first kappa shape index (κ1) is 22.1. The van der Waals surface area contributed by atoms with E-state index in [1.165, 1.54) is 6.07 Å². The van der Waals surface area contributed by atoms with E-state index in [1.807, 2.05) is 0 Å². The van der Waals surface area contributed by atoms with E-state index in [0.29, 0.717) is 35.1 Å². The minimum absolute atomic E-state index is 0.176. The highest BCUT2D eigenvalue weighted by Gasteiger charge is 2.16. The lowest BCUT2D eigenvalue weighted by molar-refractivity contribution is -0.120. The van der Waals surface area contributed by atoms with Crippen LogP contribution in [0.25, 0.3) is 0 Å². The van der Waals surface area contributed by atoms with E-state index >= 15 is 0 Å². The third-order valence-electron chi connectivity index (χ3n) is 2.94. The molecule has 3 amide bonds. The maximum Gasteiger partial charge on any atom is 0.408 e. The number of rotatable bonds is 7. The van der Waals surface area contributed by atoms with Crippen LogP contribution in [0.4, 0.5) is 4.79 Å². The molecule has 0 spiro atoms. The molecule has 0 aromatic heterocycles. The molecule has 0 saturated heterocycles. The number of benzene rings is 1. The van der Waals surface area contributed by atoms with Gasteiger partial charge in [-0.1, -0.05) is 23.2 Å². The number of amides is 3. The normalized spacial score (nSPS) is 10.8. The van der Waals surface area contributed by atoms with Crippen molar-refractivity contribution in [2.24, 2.45) is 0 Å². The van der Waals surface area contributed by atoms with Crippen molar-refractivity contribution in [2.75, 3.05) is 19.6 Å². The summed E-state index contributed by atoms with van der Waals surface area (Å²) in [6.45, 7) is 5.76. The van der Waals surface area contributed by atoms with Gasteiger partial charge in [0.2, 0.25) is 5.91 Å². The molecular formula is C17H23Cl2N3O4. The average molecular weight is 404 g/mol. The van der Waals surface area contributed by atoms with E-state index < -0.39 is 11.7 Å². The van der Waals surface area contributed by atoms with Crippen LogP contribution in [0.2, 0.25) is 10.0 Å². The fraction of sp³-hybridized carbons (Fsp3) is 0.471. The molecule has 144 valence electrons. The molecular weight excluding hydrogens is 381 g/mol. The van der Waals surface area contributed by atoms with E-state index in [-0.39, 0.29) is 18.4 Å². The molecule has 1 rings (SSSR count). The summed E-state index contributed by atoms with van der Waals surface area (Å²) in [7, 11) is 0. The maximum absolute atomic E-state index is 11.9. The summed E-state index contributed by atoms with van der Waals surface area (Å²) in [6, 6.07) is 4.62. The topological polar surface area (TPSA) is 96.5 Å². The Morgan fingerprint density at radius 3 is 2.27 bits per heavy atom. The standard InChI is InChI=1S/C17H23Cl2N3O4/c1-17(2,3)26-16(25)22-10-14(23)20-7-4-8-21-15(24)11-5-6-12(18)13(19)9-11/h5-6,9H,4,7-8,10H2,1-3H3,(H,20,23)(H,21,24)(H,22,25). The second-order valence-electron chi connectivity index (χ2n) is 6.44. The van der Waals surface area contributed by atoms with Crippen LogP contribution in [0.3, 0.4) is 0 Å². The molecule has 0 bridgehead atoms. The Morgan fingerprint density at radius 2 is 1.65 bits per heavy atom. The monoisotopic (exact) mass is 403 g/mol. The van der Waals surface area contributed by atoms with Crippen LogP contribution in [0, 0.1) is 0 Å². The van der Waals surface area contributed by atoms with Gasteiger partial charge in [-0.2, -0.15) is 0 Å². The van der Waals surface area contributed by atoms with Gasteiger partial charge in [0.1, 0.15) is 5.60 Å². The number of ether oxygens (including phenoxy) is 1. The van der Waals surface area contributed by atoms with Crippen LogP contribution in [-0.4, -0.2) is 43.1 Å². The number of hydrogen-bond donors (Lipinski definition) is 3. The second-order valence-corrected chi connectivity index (χ2v) is 7.26. The Labute approximate surface area is 162 Å². The largest absolute Gasteiger partial charge is 0.444 e. The Hall–Kier alpha value is -1.99. The molecule has 1 aromatic carbocycles. The van der Waals surface area contributed by atoms with Crippen molar-refractivity contribution in [1.82, 2.24) is 16.0 Å². The summed E-state index contributed by atoms with van der Waals surface area (Å²) in [5, 5.41) is 8.40. The first-order valence-corrected chi connectivity index (χ1v) is 8.81. The summed E-state index contributed by atoms with van der Waals surface area (Å²) >= 11 is 11.7. The molecule has 0 atom stereocenters. The van der Waals surface area contributed by atoms with Crippen molar-refractivity contribution in [2.45, 2.75) is 32.8 Å². The third kappa shape index (κ3) is 8.92. The van der Waals surface area contributed by atoms with E-state index in [9.17, 15) is 14.4 Å². The predicted octanol–water partition coefficient (Wildman–Crippen LogP) is 2.75. The summed E-state index contributed by atoms with van der Waals surface area (Å²) in [4.78, 5) is 35.0. The molecule has 0 unspecified atom stereocenters. The van der Waals surface area contributed by atoms with Gasteiger partial charge in [0.05, 0.1) is 16.6 Å². The van der Waals surface area contributed by atoms with Gasteiger partial charge < -0.3 is 20.7 Å². The first-order chi connectivity index (χ1) is 12.1. The maximum atomic E-state index is 11.9. The third-order valence-corrected chi connectivity index (χ3v) is 3.67. The summed E-state index contributed by atoms with van der Waals surface area (Å²) < 4.78 is 5.02. The molecule has 9 heteroatoms. The lowest BCUT2D eigenvalue weighted by Crippen LogP contribution is -2.40. The number of carbonyl (C=O) groups excluding carboxylic acids is 3. The summed E-state index contributed by atoms with van der Waals surface area (Å²) in [5.74, 6) is -0.617. The molecule has 0 heterocycles. The predicted molar refractivity (Wildman–Crippen MR) is 101 cm³/mol. The lowest BCUT2D eigenvalue weighted by atomic mass is 10.2. The quantitative estimate of drug-likeness (QED) is 0.609. The lowest BCUT2D eigenvalue weighted by Gasteiger charge is -2.19. The first-order valence-electron chi connectivity index (χ1n) is 8.05. The van der Waals surface area contributed by atoms with Crippen molar-refractivity contribution in [3.63, 3.8) is 0 Å². The van der Waals surface area contributed by atoms with Crippen LogP contribution in [0.5, 0.6) is 0 Å². The number of nitrogens with one attached hydrogen (secondary N) is 3. The molecule has 0 fully saturated rings. The van der Waals surface area contributed by atoms with Crippen molar-refractivity contribution >= 4 is 41.1 Å². The van der Waals surface area contributed by atoms with Crippen LogP contribution < -0.4 is 16.0 Å². The van der Waals surface area contributed by atoms with Gasteiger partial charge in [-0.15, -0.1) is 0 Å². The number of hydrogen-bond acceptors (Lipinski definition) is 4. The Kier molecular flexibility index (Phi) is 8.68. The Bertz CT molecular complexity index is 660. The van der Waals surface area contributed by atoms with Crippen molar-refractivity contribution in [3.8, 4) is 0 Å². The van der Waals surface area contributed by atoms with Gasteiger partial charge >= 0.3 is 6.09 Å². The Balaban J connectivity index is 2.18. The van der Waals surface area contributed by atoms with Gasteiger partial charge in [0.25, 0.3) is 5.91 Å². The zero-order valence-corrected chi connectivity index (χ0v) is 16.5. The van der Waals surface area contributed by atoms with E-state index in [4.69, 9.17) is 27.9 Å². The molecule has 7 nitrogen and oxygen atoms in total. The number of alkyl carbamates (subject to hydrolysis) is 1. The van der Waals surface area contributed by atoms with Crippen molar-refractivity contribution < 1.29 is 19.1 Å². The minimum Gasteiger partial charge on any atom is -0.444 e. The van der Waals surface area contributed by atoms with Crippen LogP contribution in [-0.2, 0) is 9.53 Å². The fourth-order valence-electron chi connectivity index (χ4n) is 1.79. The summed E-state index contributed by atoms with van der Waals surface area (Å²) in [5.41, 5.74) is -0.211. The van der Waals surface area contributed by atoms with Crippen LogP contribution in [0.15, 0.2) is 18.2 Å². The smallest absolute Gasteiger partial charge is 0.408 e. The van der Waals surface area contributed by atoms with Crippen LogP contribution >= 0.6 is 23.2 Å². The van der Waals surface area contributed by atoms with E-state index in [2.05, 4.69) is 16.0 Å². The number of halogens is 2. The van der Waals surface area contributed by atoms with Crippen molar-refractivity contribution in [3.05, 3.63) is 33.8 Å². The van der Waals surface area contributed by atoms with E-state index in [0.717, 1.165) is 0 Å². The highest BCUT2D eigenvalue weighted by molar-refractivity contribution is 6.42. The molecule has 0 saturated carbocycles. The molecule has 1 aromatic rings. The minimum atomic E-state index is -0.651. The van der Waals surface area contributed by atoms with Gasteiger partial charge in [-0.3, -0.25) is 9.59 Å². The van der Waals surface area contributed by atoms with Crippen LogP contribution in [0.1, 0.15) is 37.6 Å². The van der Waals surface area contributed by atoms with Gasteiger partial charge in [0.15, 0.2) is 0 Å². The zero-order valence-electron chi connectivity index (χ0n) is 14.9. The highest BCUT2D eigenvalue weighted by Crippen LogP contribution is 2.22. The molecule has 3 N–H and O–H groups in total. The molecule has 26 heavy (non-hydrogen) atoms. The fourth-order valence-corrected chi connectivity index (χ4v) is 2.08. The highest BCUT2D eigenvalue weighted by atomic mass is 35.5. The molecule has 0 aliphatic rings. The second kappa shape index (κ2) is 10.2. The summed E-state index contributed by atoms with van der Waals surface area (Å²) in [6.07, 6.45) is -0.118. The van der Waals surface area contributed by atoms with Gasteiger partial charge in [0, 0.05) is 18.7 Å². The molecule has 0 aliphatic carbocycles. The van der Waals surface area contributed by atoms with Gasteiger partial charge in [-0.25, -0.2) is 4.79 Å². The number of carbonyl (C=O) groups is 3. The zero-order chi connectivity index (χ0) is 19.7. The van der Waals surface area contributed by atoms with Gasteiger partial charge in [-0.05, 0) is 45.4 Å². The average Bonchev–Trinajstić information content (AvgIpc) is 2.53. The van der Waals surface area contributed by atoms with E-state index in [1.54, 1.807) is 32.9 Å². The SMILES string of the molecule is CC(C)(C)OC(=O)NCC(=O)NCCCNC(=O)c1ccc(Cl)c(Cl)c1. The molecule has 0 radical (unpaired) electrons. The molecule has 0 aliphatic heterocycles. The van der Waals surface area contributed by atoms with Crippen molar-refractivity contribution in [1.29, 1.82) is 0 Å².